The first-order valence-corrected chi connectivity index (χ1v) is 12.5. The van der Waals surface area contributed by atoms with Gasteiger partial charge in [0.1, 0.15) is 0 Å². The number of carbonyl (C=O) groups excluding carboxylic acids is 1. The van der Waals surface area contributed by atoms with Gasteiger partial charge in [0.15, 0.2) is 9.84 Å². The first kappa shape index (κ1) is 23.3. The van der Waals surface area contributed by atoms with Crippen LogP contribution in [0.1, 0.15) is 24.9 Å². The molecule has 1 N–H and O–H groups in total. The lowest BCUT2D eigenvalue weighted by molar-refractivity contribution is -0.121. The molecule has 29 heavy (non-hydrogen) atoms. The summed E-state index contributed by atoms with van der Waals surface area (Å²) in [6.07, 6.45) is 1.68. The van der Waals surface area contributed by atoms with Crippen molar-refractivity contribution >= 4 is 37.4 Å². The van der Waals surface area contributed by atoms with Crippen molar-refractivity contribution < 1.29 is 21.6 Å². The average molecular weight is 459 g/mol. The largest absolute Gasteiger partial charge is 0.348 e. The van der Waals surface area contributed by atoms with Crippen molar-refractivity contribution in [1.29, 1.82) is 0 Å². The minimum absolute atomic E-state index is 0.0422. The zero-order valence-electron chi connectivity index (χ0n) is 16.3. The number of sulfonamides is 1. The monoisotopic (exact) mass is 458 g/mol. The standard InChI is InChI=1S/C19H23ClN2O5S2/c1-4-18(14-5-9-16(10-6-14)28(3,24)25)21-19(23)13-22(2)29(26,27)17-11-7-15(20)8-12-17/h5-12,18H,4,13H2,1-3H3,(H,21,23). The van der Waals surface area contributed by atoms with E-state index in [1.54, 1.807) is 12.1 Å². The molecule has 1 amide bonds. The summed E-state index contributed by atoms with van der Waals surface area (Å²) in [6, 6.07) is 11.6. The number of halogens is 1. The fourth-order valence-electron chi connectivity index (χ4n) is 2.68. The van der Waals surface area contributed by atoms with Gasteiger partial charge in [-0.2, -0.15) is 4.31 Å². The number of benzene rings is 2. The van der Waals surface area contributed by atoms with Crippen LogP contribution in [0.4, 0.5) is 0 Å². The predicted octanol–water partition coefficient (Wildman–Crippen LogP) is 2.63. The predicted molar refractivity (Wildman–Crippen MR) is 112 cm³/mol. The van der Waals surface area contributed by atoms with Gasteiger partial charge in [-0.3, -0.25) is 4.79 Å². The van der Waals surface area contributed by atoms with Crippen LogP contribution in [0.5, 0.6) is 0 Å². The van der Waals surface area contributed by atoms with E-state index < -0.39 is 25.8 Å². The Kier molecular flexibility index (Phi) is 7.45. The van der Waals surface area contributed by atoms with Crippen LogP contribution in [-0.2, 0) is 24.7 Å². The van der Waals surface area contributed by atoms with E-state index in [9.17, 15) is 21.6 Å². The van der Waals surface area contributed by atoms with E-state index in [1.807, 2.05) is 6.92 Å². The number of likely N-dealkylation sites (N-methyl/N-ethyl adjacent to an activating group) is 1. The van der Waals surface area contributed by atoms with Gasteiger partial charge in [0, 0.05) is 18.3 Å². The van der Waals surface area contributed by atoms with Crippen molar-refractivity contribution in [2.45, 2.75) is 29.2 Å². The van der Waals surface area contributed by atoms with Crippen molar-refractivity contribution in [2.75, 3.05) is 19.8 Å². The molecule has 0 heterocycles. The van der Waals surface area contributed by atoms with E-state index in [4.69, 9.17) is 11.6 Å². The summed E-state index contributed by atoms with van der Waals surface area (Å²) < 4.78 is 49.3. The second-order valence-electron chi connectivity index (χ2n) is 6.58. The molecule has 2 aromatic carbocycles. The Morgan fingerprint density at radius 2 is 1.52 bits per heavy atom. The maximum Gasteiger partial charge on any atom is 0.243 e. The molecule has 10 heteroatoms. The van der Waals surface area contributed by atoms with Gasteiger partial charge in [-0.15, -0.1) is 0 Å². The van der Waals surface area contributed by atoms with Gasteiger partial charge in [0.05, 0.1) is 22.4 Å². The summed E-state index contributed by atoms with van der Waals surface area (Å²) in [6.45, 7) is 1.51. The van der Waals surface area contributed by atoms with Crippen LogP contribution in [0.2, 0.25) is 5.02 Å². The highest BCUT2D eigenvalue weighted by Crippen LogP contribution is 2.20. The number of amides is 1. The van der Waals surface area contributed by atoms with Crippen molar-refractivity contribution in [3.63, 3.8) is 0 Å². The van der Waals surface area contributed by atoms with Crippen LogP contribution >= 0.6 is 11.6 Å². The molecule has 2 aromatic rings. The molecule has 0 aliphatic carbocycles. The first-order valence-electron chi connectivity index (χ1n) is 8.76. The zero-order chi connectivity index (χ0) is 21.8. The van der Waals surface area contributed by atoms with Gasteiger partial charge < -0.3 is 5.32 Å². The molecule has 7 nitrogen and oxygen atoms in total. The van der Waals surface area contributed by atoms with Crippen LogP contribution in [0.25, 0.3) is 0 Å². The molecular weight excluding hydrogens is 436 g/mol. The molecule has 0 spiro atoms. The lowest BCUT2D eigenvalue weighted by atomic mass is 10.0. The molecule has 1 atom stereocenters. The highest BCUT2D eigenvalue weighted by Gasteiger charge is 2.24. The molecule has 0 fully saturated rings. The van der Waals surface area contributed by atoms with E-state index in [0.29, 0.717) is 11.4 Å². The summed E-state index contributed by atoms with van der Waals surface area (Å²) in [5.74, 6) is -0.468. The molecule has 0 saturated carbocycles. The van der Waals surface area contributed by atoms with Gasteiger partial charge in [-0.1, -0.05) is 30.7 Å². The third-order valence-corrected chi connectivity index (χ3v) is 7.54. The summed E-state index contributed by atoms with van der Waals surface area (Å²) in [5.41, 5.74) is 0.733. The van der Waals surface area contributed by atoms with Crippen molar-refractivity contribution in [3.05, 3.63) is 59.1 Å². The highest BCUT2D eigenvalue weighted by molar-refractivity contribution is 7.90. The van der Waals surface area contributed by atoms with Gasteiger partial charge in [0.2, 0.25) is 15.9 Å². The van der Waals surface area contributed by atoms with Crippen LogP contribution in [0.3, 0.4) is 0 Å². The lowest BCUT2D eigenvalue weighted by Crippen LogP contribution is -2.39. The third kappa shape index (κ3) is 6.02. The normalized spacial score (nSPS) is 13.3. The summed E-state index contributed by atoms with van der Waals surface area (Å²) in [7, 11) is -5.81. The first-order chi connectivity index (χ1) is 13.4. The maximum absolute atomic E-state index is 12.6. The minimum atomic E-state index is -3.83. The Morgan fingerprint density at radius 1 is 1.00 bits per heavy atom. The molecule has 2 rings (SSSR count). The molecule has 1 unspecified atom stereocenters. The minimum Gasteiger partial charge on any atom is -0.348 e. The van der Waals surface area contributed by atoms with Crippen molar-refractivity contribution in [1.82, 2.24) is 9.62 Å². The van der Waals surface area contributed by atoms with Gasteiger partial charge in [-0.25, -0.2) is 16.8 Å². The van der Waals surface area contributed by atoms with E-state index in [1.165, 1.54) is 43.4 Å². The Balaban J connectivity index is 2.08. The molecule has 0 aliphatic rings. The quantitative estimate of drug-likeness (QED) is 0.655. The van der Waals surface area contributed by atoms with Crippen LogP contribution in [-0.4, -0.2) is 46.9 Å². The lowest BCUT2D eigenvalue weighted by Gasteiger charge is -2.21. The number of rotatable bonds is 8. The summed E-state index contributed by atoms with van der Waals surface area (Å²) in [5, 5.41) is 3.20. The molecule has 158 valence electrons. The summed E-state index contributed by atoms with van der Waals surface area (Å²) >= 11 is 5.79. The highest BCUT2D eigenvalue weighted by atomic mass is 35.5. The van der Waals surface area contributed by atoms with Gasteiger partial charge >= 0.3 is 0 Å². The van der Waals surface area contributed by atoms with Crippen molar-refractivity contribution in [3.8, 4) is 0 Å². The van der Waals surface area contributed by atoms with E-state index in [0.717, 1.165) is 16.1 Å². The molecular formula is C19H23ClN2O5S2. The fraction of sp³-hybridized carbons (Fsp3) is 0.316. The molecule has 0 saturated heterocycles. The third-order valence-electron chi connectivity index (χ3n) is 4.34. The number of nitrogens with zero attached hydrogens (tertiary/aromatic N) is 1. The van der Waals surface area contributed by atoms with Gasteiger partial charge in [-0.05, 0) is 48.4 Å². The molecule has 0 bridgehead atoms. The Morgan fingerprint density at radius 3 is 2.00 bits per heavy atom. The molecule has 0 aliphatic heterocycles. The fourth-order valence-corrected chi connectivity index (χ4v) is 4.57. The second kappa shape index (κ2) is 9.25. The maximum atomic E-state index is 12.6. The summed E-state index contributed by atoms with van der Waals surface area (Å²) in [4.78, 5) is 12.7. The van der Waals surface area contributed by atoms with Crippen LogP contribution in [0.15, 0.2) is 58.3 Å². The number of carbonyl (C=O) groups is 1. The Hall–Kier alpha value is -1.94. The van der Waals surface area contributed by atoms with Crippen LogP contribution < -0.4 is 5.32 Å². The number of nitrogens with one attached hydrogen (secondary N) is 1. The number of hydrogen-bond donors (Lipinski definition) is 1. The topological polar surface area (TPSA) is 101 Å². The molecule has 0 aromatic heterocycles. The average Bonchev–Trinajstić information content (AvgIpc) is 2.65. The number of sulfone groups is 1. The molecule has 0 radical (unpaired) electrons. The smallest absolute Gasteiger partial charge is 0.243 e. The van der Waals surface area contributed by atoms with Gasteiger partial charge in [0.25, 0.3) is 0 Å². The Labute approximate surface area is 176 Å². The number of hydrogen-bond acceptors (Lipinski definition) is 5. The second-order valence-corrected chi connectivity index (χ2v) is 11.1. The Bertz CT molecular complexity index is 1070. The van der Waals surface area contributed by atoms with Crippen molar-refractivity contribution in [2.24, 2.45) is 0 Å². The van der Waals surface area contributed by atoms with Crippen LogP contribution in [0, 0.1) is 0 Å². The van der Waals surface area contributed by atoms with E-state index in [-0.39, 0.29) is 22.4 Å². The SMILES string of the molecule is CCC(NC(=O)CN(C)S(=O)(=O)c1ccc(Cl)cc1)c1ccc(S(C)(=O)=O)cc1. The van der Waals surface area contributed by atoms with E-state index in [2.05, 4.69) is 5.32 Å². The van der Waals surface area contributed by atoms with E-state index >= 15 is 0 Å². The zero-order valence-corrected chi connectivity index (χ0v) is 18.7.